The molecule has 3 aromatic rings. The Morgan fingerprint density at radius 3 is 2.09 bits per heavy atom. The van der Waals surface area contributed by atoms with E-state index in [1.807, 2.05) is 45.0 Å². The quantitative estimate of drug-likeness (QED) is 0.215. The SMILES string of the molecule is CC(C)(C)N/C(=C(\CN)C(=O)Nc1ccc(Cl)c(C(=O)N2CCC(c3ccc(C(=O)O)cc3)CC2)c1)c1ccc(Cl)cc1. The molecule has 1 aliphatic heterocycles. The van der Waals surface area contributed by atoms with Crippen LogP contribution in [0.4, 0.5) is 5.69 Å². The van der Waals surface area contributed by atoms with Crippen molar-refractivity contribution in [3.8, 4) is 0 Å². The summed E-state index contributed by atoms with van der Waals surface area (Å²) in [7, 11) is 0. The van der Waals surface area contributed by atoms with Crippen LogP contribution in [0.2, 0.25) is 10.0 Å². The van der Waals surface area contributed by atoms with Gasteiger partial charge in [-0.1, -0.05) is 47.5 Å². The fraction of sp³-hybridized carbons (Fsp3) is 0.303. The van der Waals surface area contributed by atoms with Crippen LogP contribution >= 0.6 is 23.2 Å². The van der Waals surface area contributed by atoms with Crippen molar-refractivity contribution in [1.82, 2.24) is 10.2 Å². The molecule has 4 rings (SSSR count). The first-order valence-electron chi connectivity index (χ1n) is 14.1. The maximum Gasteiger partial charge on any atom is 0.335 e. The van der Waals surface area contributed by atoms with Crippen molar-refractivity contribution < 1.29 is 19.5 Å². The molecule has 226 valence electrons. The minimum absolute atomic E-state index is 0.0276. The van der Waals surface area contributed by atoms with Gasteiger partial charge in [-0.3, -0.25) is 9.59 Å². The maximum absolute atomic E-state index is 13.5. The third-order valence-corrected chi connectivity index (χ3v) is 7.86. The van der Waals surface area contributed by atoms with E-state index >= 15 is 0 Å². The number of aromatic carboxylic acids is 1. The topological polar surface area (TPSA) is 125 Å². The number of amides is 2. The van der Waals surface area contributed by atoms with Crippen LogP contribution in [0.15, 0.2) is 72.3 Å². The summed E-state index contributed by atoms with van der Waals surface area (Å²) in [6, 6.07) is 18.9. The van der Waals surface area contributed by atoms with Gasteiger partial charge < -0.3 is 26.4 Å². The lowest BCUT2D eigenvalue weighted by atomic mass is 9.89. The van der Waals surface area contributed by atoms with Gasteiger partial charge in [0.2, 0.25) is 0 Å². The standard InChI is InChI=1S/C33H36Cl2N4O4/c1-33(2,3)38-29(22-8-10-24(34)11-9-22)27(19-36)30(40)37-25-12-13-28(35)26(18-25)31(41)39-16-14-21(15-17-39)20-4-6-23(7-5-20)32(42)43/h4-13,18,21,38H,14-17,19,36H2,1-3H3,(H,37,40)(H,42,43)/b29-27+. The Morgan fingerprint density at radius 1 is 0.930 bits per heavy atom. The maximum atomic E-state index is 13.5. The number of anilines is 1. The van der Waals surface area contributed by atoms with Crippen molar-refractivity contribution in [2.75, 3.05) is 25.0 Å². The number of carbonyl (C=O) groups is 3. The molecule has 1 heterocycles. The Balaban J connectivity index is 1.50. The molecule has 1 saturated heterocycles. The molecular weight excluding hydrogens is 587 g/mol. The summed E-state index contributed by atoms with van der Waals surface area (Å²) in [5.74, 6) is -1.35. The average molecular weight is 624 g/mol. The molecule has 0 atom stereocenters. The molecule has 0 unspecified atom stereocenters. The van der Waals surface area contributed by atoms with Crippen LogP contribution < -0.4 is 16.4 Å². The van der Waals surface area contributed by atoms with Crippen molar-refractivity contribution in [1.29, 1.82) is 0 Å². The Morgan fingerprint density at radius 2 is 1.53 bits per heavy atom. The second-order valence-corrected chi connectivity index (χ2v) is 12.4. The van der Waals surface area contributed by atoms with Crippen LogP contribution in [-0.2, 0) is 4.79 Å². The molecule has 3 aromatic carbocycles. The van der Waals surface area contributed by atoms with E-state index in [1.54, 1.807) is 47.4 Å². The smallest absolute Gasteiger partial charge is 0.335 e. The Bertz CT molecular complexity index is 1520. The summed E-state index contributed by atoms with van der Waals surface area (Å²) in [5, 5.41) is 16.3. The highest BCUT2D eigenvalue weighted by molar-refractivity contribution is 6.34. The second kappa shape index (κ2) is 13.6. The lowest BCUT2D eigenvalue weighted by molar-refractivity contribution is -0.112. The van der Waals surface area contributed by atoms with E-state index in [4.69, 9.17) is 34.0 Å². The Labute approximate surface area is 261 Å². The molecule has 0 bridgehead atoms. The number of carboxylic acids is 1. The molecule has 0 spiro atoms. The second-order valence-electron chi connectivity index (χ2n) is 11.6. The molecule has 0 saturated carbocycles. The number of carboxylic acid groups (broad SMARTS) is 1. The number of hydrogen-bond donors (Lipinski definition) is 4. The predicted octanol–water partition coefficient (Wildman–Crippen LogP) is 6.41. The van der Waals surface area contributed by atoms with E-state index in [9.17, 15) is 14.4 Å². The molecule has 1 fully saturated rings. The van der Waals surface area contributed by atoms with Crippen LogP contribution in [0.5, 0.6) is 0 Å². The normalized spacial score (nSPS) is 14.6. The highest BCUT2D eigenvalue weighted by Crippen LogP contribution is 2.31. The van der Waals surface area contributed by atoms with Gasteiger partial charge in [-0.05, 0) is 93.1 Å². The van der Waals surface area contributed by atoms with E-state index in [0.717, 1.165) is 24.0 Å². The van der Waals surface area contributed by atoms with Gasteiger partial charge in [-0.15, -0.1) is 0 Å². The van der Waals surface area contributed by atoms with Crippen molar-refractivity contribution in [3.05, 3.63) is 105 Å². The highest BCUT2D eigenvalue weighted by atomic mass is 35.5. The monoisotopic (exact) mass is 622 g/mol. The molecule has 1 aliphatic rings. The number of hydrogen-bond acceptors (Lipinski definition) is 5. The first-order chi connectivity index (χ1) is 20.4. The molecular formula is C33H36Cl2N4O4. The molecule has 8 nitrogen and oxygen atoms in total. The largest absolute Gasteiger partial charge is 0.478 e. The summed E-state index contributed by atoms with van der Waals surface area (Å²) < 4.78 is 0. The van der Waals surface area contributed by atoms with Gasteiger partial charge >= 0.3 is 5.97 Å². The summed E-state index contributed by atoms with van der Waals surface area (Å²) in [6.07, 6.45) is 1.48. The molecule has 0 aromatic heterocycles. The van der Waals surface area contributed by atoms with Gasteiger partial charge in [0.05, 0.1) is 27.4 Å². The number of rotatable bonds is 8. The number of halogens is 2. The third kappa shape index (κ3) is 8.16. The van der Waals surface area contributed by atoms with Crippen molar-refractivity contribution in [2.24, 2.45) is 5.73 Å². The minimum Gasteiger partial charge on any atom is -0.478 e. The van der Waals surface area contributed by atoms with Gasteiger partial charge in [-0.2, -0.15) is 0 Å². The Hall–Kier alpha value is -3.85. The number of nitrogens with two attached hydrogens (primary N) is 1. The van der Waals surface area contributed by atoms with Crippen LogP contribution in [0.3, 0.4) is 0 Å². The van der Waals surface area contributed by atoms with E-state index in [0.29, 0.717) is 45.7 Å². The van der Waals surface area contributed by atoms with Gasteiger partial charge in [0.25, 0.3) is 11.8 Å². The molecule has 5 N–H and O–H groups in total. The van der Waals surface area contributed by atoms with Crippen LogP contribution in [0.1, 0.15) is 71.4 Å². The number of carbonyl (C=O) groups excluding carboxylic acids is 2. The highest BCUT2D eigenvalue weighted by Gasteiger charge is 2.27. The molecule has 2 amide bonds. The summed E-state index contributed by atoms with van der Waals surface area (Å²) in [6.45, 7) is 7.00. The van der Waals surface area contributed by atoms with Gasteiger partial charge in [0.15, 0.2) is 0 Å². The minimum atomic E-state index is -0.957. The average Bonchev–Trinajstić information content (AvgIpc) is 2.97. The molecule has 43 heavy (non-hydrogen) atoms. The zero-order chi connectivity index (χ0) is 31.3. The number of likely N-dealkylation sites (tertiary alicyclic amines) is 1. The van der Waals surface area contributed by atoms with Gasteiger partial charge in [0.1, 0.15) is 0 Å². The van der Waals surface area contributed by atoms with Crippen LogP contribution in [0.25, 0.3) is 5.70 Å². The van der Waals surface area contributed by atoms with Crippen molar-refractivity contribution in [3.63, 3.8) is 0 Å². The first-order valence-corrected chi connectivity index (χ1v) is 14.8. The van der Waals surface area contributed by atoms with Crippen molar-refractivity contribution >= 4 is 52.4 Å². The third-order valence-electron chi connectivity index (χ3n) is 7.28. The van der Waals surface area contributed by atoms with E-state index in [1.165, 1.54) is 0 Å². The lowest BCUT2D eigenvalue weighted by Crippen LogP contribution is -2.38. The molecule has 10 heteroatoms. The molecule has 0 aliphatic carbocycles. The van der Waals surface area contributed by atoms with Crippen LogP contribution in [0, 0.1) is 0 Å². The zero-order valence-corrected chi connectivity index (χ0v) is 25.9. The zero-order valence-electron chi connectivity index (χ0n) is 24.4. The first kappa shape index (κ1) is 32.1. The summed E-state index contributed by atoms with van der Waals surface area (Å²) in [5.41, 5.74) is 9.47. The van der Waals surface area contributed by atoms with Gasteiger partial charge in [0, 0.05) is 35.9 Å². The fourth-order valence-corrected chi connectivity index (χ4v) is 5.40. The lowest BCUT2D eigenvalue weighted by Gasteiger charge is -2.32. The summed E-state index contributed by atoms with van der Waals surface area (Å²) >= 11 is 12.6. The van der Waals surface area contributed by atoms with Crippen LogP contribution in [-0.4, -0.2) is 53.0 Å². The van der Waals surface area contributed by atoms with E-state index < -0.39 is 11.9 Å². The fourth-order valence-electron chi connectivity index (χ4n) is 5.08. The van der Waals surface area contributed by atoms with Gasteiger partial charge in [-0.25, -0.2) is 4.79 Å². The Kier molecular flexibility index (Phi) is 10.2. The number of nitrogens with zero attached hydrogens (tertiary/aromatic N) is 1. The van der Waals surface area contributed by atoms with E-state index in [2.05, 4.69) is 10.6 Å². The predicted molar refractivity (Wildman–Crippen MR) is 172 cm³/mol. The summed E-state index contributed by atoms with van der Waals surface area (Å²) in [4.78, 5) is 39.9. The van der Waals surface area contributed by atoms with E-state index in [-0.39, 0.29) is 29.5 Å². The number of benzene rings is 3. The number of nitrogens with one attached hydrogen (secondary N) is 2. The molecule has 0 radical (unpaired) electrons. The van der Waals surface area contributed by atoms with Crippen molar-refractivity contribution in [2.45, 2.75) is 45.1 Å². The number of piperidine rings is 1.